The third-order valence-corrected chi connectivity index (χ3v) is 4.38. The minimum atomic E-state index is -0.469. The number of hydrogen-bond donors (Lipinski definition) is 1. The summed E-state index contributed by atoms with van der Waals surface area (Å²) in [6, 6.07) is 5.48. The SMILES string of the molecule is CCCCCCCC[C@H](O)/C=C/c1cccc(CC(=O)CCC(=O)OC)n1. The average molecular weight is 376 g/mol. The fraction of sp³-hybridized carbons (Fsp3) is 0.591. The number of carbonyl (C=O) groups excluding carboxylic acids is 2. The molecule has 0 amide bonds. The van der Waals surface area contributed by atoms with Crippen LogP contribution in [0.2, 0.25) is 0 Å². The Kier molecular flexibility index (Phi) is 12.0. The molecule has 0 unspecified atom stereocenters. The van der Waals surface area contributed by atoms with Gasteiger partial charge in [0.05, 0.1) is 25.3 Å². The van der Waals surface area contributed by atoms with E-state index in [1.54, 1.807) is 18.2 Å². The molecule has 27 heavy (non-hydrogen) atoms. The molecule has 1 aromatic heterocycles. The van der Waals surface area contributed by atoms with Crippen LogP contribution >= 0.6 is 0 Å². The highest BCUT2D eigenvalue weighted by molar-refractivity contribution is 5.84. The van der Waals surface area contributed by atoms with Crippen LogP contribution in [0.4, 0.5) is 0 Å². The lowest BCUT2D eigenvalue weighted by molar-refractivity contribution is -0.141. The Morgan fingerprint density at radius 2 is 1.89 bits per heavy atom. The molecule has 0 aliphatic carbocycles. The van der Waals surface area contributed by atoms with Crippen LogP contribution in [-0.4, -0.2) is 35.1 Å². The number of rotatable bonds is 14. The Balaban J connectivity index is 2.38. The van der Waals surface area contributed by atoms with Crippen molar-refractivity contribution in [3.8, 4) is 0 Å². The summed E-state index contributed by atoms with van der Waals surface area (Å²) in [4.78, 5) is 27.4. The fourth-order valence-corrected chi connectivity index (χ4v) is 2.76. The predicted octanol–water partition coefficient (Wildman–Crippen LogP) is 4.27. The molecule has 1 N–H and O–H groups in total. The Labute approximate surface area is 162 Å². The van der Waals surface area contributed by atoms with E-state index >= 15 is 0 Å². The first-order valence-corrected chi connectivity index (χ1v) is 9.95. The number of ketones is 1. The number of Topliss-reactive ketones (excluding diaryl/α,β-unsaturated/α-hetero) is 1. The van der Waals surface area contributed by atoms with Crippen LogP contribution in [0.1, 0.15) is 76.1 Å². The minimum Gasteiger partial charge on any atom is -0.469 e. The number of methoxy groups -OCH3 is 1. The Bertz CT molecular complexity index is 598. The zero-order valence-corrected chi connectivity index (χ0v) is 16.7. The van der Waals surface area contributed by atoms with Gasteiger partial charge in [-0.1, -0.05) is 57.6 Å². The number of ether oxygens (including phenoxy) is 1. The number of nitrogens with zero attached hydrogens (tertiary/aromatic N) is 1. The third kappa shape index (κ3) is 11.3. The first kappa shape index (κ1) is 23.0. The van der Waals surface area contributed by atoms with Crippen molar-refractivity contribution < 1.29 is 19.4 Å². The van der Waals surface area contributed by atoms with Crippen molar-refractivity contribution >= 4 is 17.8 Å². The maximum atomic E-state index is 11.9. The van der Waals surface area contributed by atoms with Crippen LogP contribution in [0, 0.1) is 0 Å². The van der Waals surface area contributed by atoms with E-state index in [9.17, 15) is 14.7 Å². The number of pyridine rings is 1. The van der Waals surface area contributed by atoms with Gasteiger partial charge in [0.2, 0.25) is 0 Å². The maximum Gasteiger partial charge on any atom is 0.305 e. The predicted molar refractivity (Wildman–Crippen MR) is 107 cm³/mol. The summed E-state index contributed by atoms with van der Waals surface area (Å²) >= 11 is 0. The number of carbonyl (C=O) groups is 2. The molecule has 5 nitrogen and oxygen atoms in total. The van der Waals surface area contributed by atoms with Gasteiger partial charge in [-0.3, -0.25) is 14.6 Å². The Morgan fingerprint density at radius 1 is 1.15 bits per heavy atom. The summed E-state index contributed by atoms with van der Waals surface area (Å²) < 4.78 is 4.54. The van der Waals surface area contributed by atoms with Gasteiger partial charge in [0.1, 0.15) is 5.78 Å². The Hall–Kier alpha value is -2.01. The Morgan fingerprint density at radius 3 is 2.63 bits per heavy atom. The van der Waals surface area contributed by atoms with Gasteiger partial charge in [0.15, 0.2) is 0 Å². The minimum absolute atomic E-state index is 0.0443. The summed E-state index contributed by atoms with van der Waals surface area (Å²) in [5.41, 5.74) is 1.38. The largest absolute Gasteiger partial charge is 0.469 e. The lowest BCUT2D eigenvalue weighted by Gasteiger charge is -2.06. The van der Waals surface area contributed by atoms with Crippen LogP contribution in [-0.2, 0) is 20.7 Å². The maximum absolute atomic E-state index is 11.9. The molecule has 0 bridgehead atoms. The smallest absolute Gasteiger partial charge is 0.305 e. The number of esters is 1. The highest BCUT2D eigenvalue weighted by Gasteiger charge is 2.09. The molecular weight excluding hydrogens is 342 g/mol. The van der Waals surface area contributed by atoms with Gasteiger partial charge in [-0.15, -0.1) is 0 Å². The van der Waals surface area contributed by atoms with Crippen molar-refractivity contribution in [1.82, 2.24) is 4.98 Å². The standard InChI is InChI=1S/C22H33NO4/c1-3-4-5-6-7-8-12-20(24)14-13-18-10-9-11-19(23-18)17-21(25)15-16-22(26)27-2/h9-11,13-14,20,24H,3-8,12,15-17H2,1-2H3/b14-13+/t20-/m0/s1. The van der Waals surface area contributed by atoms with E-state index in [2.05, 4.69) is 16.6 Å². The third-order valence-electron chi connectivity index (χ3n) is 4.38. The van der Waals surface area contributed by atoms with E-state index in [4.69, 9.17) is 0 Å². The number of unbranched alkanes of at least 4 members (excludes halogenated alkanes) is 5. The molecule has 5 heteroatoms. The molecule has 0 aromatic carbocycles. The molecule has 0 radical (unpaired) electrons. The monoisotopic (exact) mass is 375 g/mol. The number of aliphatic hydroxyl groups is 1. The molecule has 1 atom stereocenters. The van der Waals surface area contributed by atoms with Crippen LogP contribution in [0.5, 0.6) is 0 Å². The lowest BCUT2D eigenvalue weighted by Crippen LogP contribution is -2.09. The van der Waals surface area contributed by atoms with E-state index in [0.717, 1.165) is 25.0 Å². The van der Waals surface area contributed by atoms with E-state index in [-0.39, 0.29) is 31.0 Å². The van der Waals surface area contributed by atoms with Crippen LogP contribution in [0.3, 0.4) is 0 Å². The second-order valence-corrected chi connectivity index (χ2v) is 6.83. The molecule has 0 spiro atoms. The van der Waals surface area contributed by atoms with Gasteiger partial charge in [0.25, 0.3) is 0 Å². The average Bonchev–Trinajstić information content (AvgIpc) is 2.67. The van der Waals surface area contributed by atoms with Crippen LogP contribution in [0.25, 0.3) is 6.08 Å². The molecule has 150 valence electrons. The van der Waals surface area contributed by atoms with E-state index in [0.29, 0.717) is 5.69 Å². The second-order valence-electron chi connectivity index (χ2n) is 6.83. The van der Waals surface area contributed by atoms with E-state index in [1.165, 1.54) is 32.8 Å². The topological polar surface area (TPSA) is 76.5 Å². The molecule has 0 saturated heterocycles. The van der Waals surface area contributed by atoms with E-state index in [1.807, 2.05) is 12.1 Å². The first-order chi connectivity index (χ1) is 13.0. The molecule has 0 saturated carbocycles. The number of aromatic nitrogens is 1. The quantitative estimate of drug-likeness (QED) is 0.388. The van der Waals surface area contributed by atoms with Crippen molar-refractivity contribution in [3.63, 3.8) is 0 Å². The molecule has 1 heterocycles. The summed E-state index contributed by atoms with van der Waals surface area (Å²) in [7, 11) is 1.31. The van der Waals surface area contributed by atoms with Gasteiger partial charge in [-0.05, 0) is 24.6 Å². The van der Waals surface area contributed by atoms with Crippen molar-refractivity contribution in [2.75, 3.05) is 7.11 Å². The van der Waals surface area contributed by atoms with Gasteiger partial charge in [0, 0.05) is 18.5 Å². The molecule has 1 rings (SSSR count). The fourth-order valence-electron chi connectivity index (χ4n) is 2.76. The van der Waals surface area contributed by atoms with Crippen molar-refractivity contribution in [2.24, 2.45) is 0 Å². The zero-order chi connectivity index (χ0) is 19.9. The van der Waals surface area contributed by atoms with Crippen LogP contribution < -0.4 is 0 Å². The summed E-state index contributed by atoms with van der Waals surface area (Å²) in [5.74, 6) is -0.426. The lowest BCUT2D eigenvalue weighted by atomic mass is 10.1. The number of hydrogen-bond acceptors (Lipinski definition) is 5. The molecular formula is C22H33NO4. The molecule has 1 aromatic rings. The zero-order valence-electron chi connectivity index (χ0n) is 16.7. The van der Waals surface area contributed by atoms with Gasteiger partial charge in [-0.25, -0.2) is 0 Å². The molecule has 0 aliphatic rings. The van der Waals surface area contributed by atoms with E-state index < -0.39 is 6.10 Å². The summed E-state index contributed by atoms with van der Waals surface area (Å²) in [6.45, 7) is 2.20. The molecule has 0 aliphatic heterocycles. The van der Waals surface area contributed by atoms with Crippen LogP contribution in [0.15, 0.2) is 24.3 Å². The highest BCUT2D eigenvalue weighted by Crippen LogP contribution is 2.11. The van der Waals surface area contributed by atoms with Crippen molar-refractivity contribution in [3.05, 3.63) is 35.7 Å². The van der Waals surface area contributed by atoms with Gasteiger partial charge >= 0.3 is 5.97 Å². The van der Waals surface area contributed by atoms with Gasteiger partial charge < -0.3 is 9.84 Å². The number of aliphatic hydroxyl groups excluding tert-OH is 1. The van der Waals surface area contributed by atoms with Crippen molar-refractivity contribution in [2.45, 2.75) is 77.2 Å². The summed E-state index contributed by atoms with van der Waals surface area (Å²) in [5, 5.41) is 10.1. The highest BCUT2D eigenvalue weighted by atomic mass is 16.5. The molecule has 0 fully saturated rings. The summed E-state index contributed by atoms with van der Waals surface area (Å²) in [6.07, 6.45) is 11.5. The van der Waals surface area contributed by atoms with Gasteiger partial charge in [-0.2, -0.15) is 0 Å². The first-order valence-electron chi connectivity index (χ1n) is 9.95. The second kappa shape index (κ2) is 14.1. The van der Waals surface area contributed by atoms with Crippen molar-refractivity contribution in [1.29, 1.82) is 0 Å². The normalized spacial score (nSPS) is 12.3.